The Morgan fingerprint density at radius 1 is 1.22 bits per heavy atom. The van der Waals surface area contributed by atoms with Gasteiger partial charge in [0.25, 0.3) is 0 Å². The number of Topliss-reactive ketones (excluding diaryl/α,β-unsaturated/α-hetero) is 1. The molecule has 0 heterocycles. The van der Waals surface area contributed by atoms with Crippen molar-refractivity contribution in [1.29, 1.82) is 0 Å². The smallest absolute Gasteiger partial charge is 0.300 e. The summed E-state index contributed by atoms with van der Waals surface area (Å²) in [6.07, 6.45) is -1.34. The van der Waals surface area contributed by atoms with Crippen LogP contribution in [0.2, 0.25) is 0 Å². The zero-order chi connectivity index (χ0) is 13.6. The maximum Gasteiger partial charge on any atom is 0.416 e. The zero-order valence-electron chi connectivity index (χ0n) is 10.4. The van der Waals surface area contributed by atoms with E-state index in [2.05, 4.69) is 0 Å². The number of carbonyl (C=O) groups is 1. The van der Waals surface area contributed by atoms with Crippen LogP contribution in [0.5, 0.6) is 0 Å². The number of ketones is 1. The molecule has 0 unspecified atom stereocenters. The first kappa shape index (κ1) is 14.7. The third kappa shape index (κ3) is 4.90. The lowest BCUT2D eigenvalue weighted by Gasteiger charge is -2.08. The van der Waals surface area contributed by atoms with Gasteiger partial charge in [-0.2, -0.15) is 13.2 Å². The molecule has 0 spiro atoms. The van der Waals surface area contributed by atoms with Gasteiger partial charge < -0.3 is 0 Å². The molecule has 0 aliphatic heterocycles. The van der Waals surface area contributed by atoms with Gasteiger partial charge in [-0.05, 0) is 30.9 Å². The molecule has 0 aromatic heterocycles. The molecule has 0 aliphatic rings. The van der Waals surface area contributed by atoms with E-state index in [0.29, 0.717) is 31.2 Å². The Hall–Kier alpha value is -1.32. The molecule has 100 valence electrons. The molecule has 0 saturated heterocycles. The predicted molar refractivity (Wildman–Crippen MR) is 64.3 cm³/mol. The van der Waals surface area contributed by atoms with Crippen molar-refractivity contribution >= 4 is 5.78 Å². The van der Waals surface area contributed by atoms with E-state index in [4.69, 9.17) is 0 Å². The standard InChI is InChI=1S/C14H17F3O/c1-2-5-13(18)9-4-7-11-6-3-8-12(10-11)14(15,16)17/h3,6,8,10H,2,4-5,7,9H2,1H3. The minimum atomic E-state index is -4.30. The van der Waals surface area contributed by atoms with E-state index in [1.54, 1.807) is 6.07 Å². The van der Waals surface area contributed by atoms with Crippen LogP contribution in [-0.4, -0.2) is 5.78 Å². The summed E-state index contributed by atoms with van der Waals surface area (Å²) in [5.41, 5.74) is 0.00834. The van der Waals surface area contributed by atoms with Crippen LogP contribution in [0.1, 0.15) is 43.7 Å². The first-order valence-electron chi connectivity index (χ1n) is 6.11. The van der Waals surface area contributed by atoms with Crippen LogP contribution in [0.3, 0.4) is 0 Å². The quantitative estimate of drug-likeness (QED) is 0.739. The van der Waals surface area contributed by atoms with Crippen LogP contribution in [-0.2, 0) is 17.4 Å². The summed E-state index contributed by atoms with van der Waals surface area (Å²) in [6, 6.07) is 5.29. The maximum atomic E-state index is 12.5. The Labute approximate surface area is 105 Å². The first-order chi connectivity index (χ1) is 8.43. The fraction of sp³-hybridized carbons (Fsp3) is 0.500. The van der Waals surface area contributed by atoms with Gasteiger partial charge >= 0.3 is 6.18 Å². The monoisotopic (exact) mass is 258 g/mol. The van der Waals surface area contributed by atoms with Crippen molar-refractivity contribution in [2.75, 3.05) is 0 Å². The van der Waals surface area contributed by atoms with Gasteiger partial charge in [0.2, 0.25) is 0 Å². The molecular weight excluding hydrogens is 241 g/mol. The van der Waals surface area contributed by atoms with Crippen molar-refractivity contribution in [1.82, 2.24) is 0 Å². The fourth-order valence-electron chi connectivity index (χ4n) is 1.80. The van der Waals surface area contributed by atoms with E-state index in [1.807, 2.05) is 6.92 Å². The van der Waals surface area contributed by atoms with Crippen LogP contribution >= 0.6 is 0 Å². The zero-order valence-corrected chi connectivity index (χ0v) is 10.4. The van der Waals surface area contributed by atoms with Crippen molar-refractivity contribution in [2.45, 2.75) is 45.2 Å². The molecule has 4 heteroatoms. The molecule has 1 nitrogen and oxygen atoms in total. The molecule has 0 saturated carbocycles. The van der Waals surface area contributed by atoms with E-state index in [1.165, 1.54) is 6.07 Å². The molecule has 0 fully saturated rings. The molecule has 0 aliphatic carbocycles. The molecule has 0 radical (unpaired) electrons. The summed E-state index contributed by atoms with van der Waals surface area (Å²) < 4.78 is 37.4. The minimum absolute atomic E-state index is 0.185. The van der Waals surface area contributed by atoms with Gasteiger partial charge in [-0.15, -0.1) is 0 Å². The molecule has 0 amide bonds. The van der Waals surface area contributed by atoms with Crippen LogP contribution in [0, 0.1) is 0 Å². The second-order valence-electron chi connectivity index (χ2n) is 4.34. The molecular formula is C14H17F3O. The number of rotatable bonds is 6. The molecule has 0 bridgehead atoms. The average molecular weight is 258 g/mol. The van der Waals surface area contributed by atoms with Gasteiger partial charge in [-0.25, -0.2) is 0 Å². The van der Waals surface area contributed by atoms with Crippen LogP contribution < -0.4 is 0 Å². The van der Waals surface area contributed by atoms with E-state index in [0.717, 1.165) is 18.6 Å². The number of aryl methyl sites for hydroxylation is 1. The lowest BCUT2D eigenvalue weighted by atomic mass is 10.0. The Morgan fingerprint density at radius 2 is 1.94 bits per heavy atom. The number of alkyl halides is 3. The Balaban J connectivity index is 2.51. The number of carbonyl (C=O) groups excluding carboxylic acids is 1. The summed E-state index contributed by atoms with van der Waals surface area (Å²) >= 11 is 0. The summed E-state index contributed by atoms with van der Waals surface area (Å²) in [7, 11) is 0. The summed E-state index contributed by atoms with van der Waals surface area (Å²) in [5.74, 6) is 0.185. The Bertz CT molecular complexity index is 396. The van der Waals surface area contributed by atoms with E-state index >= 15 is 0 Å². The van der Waals surface area contributed by atoms with Gasteiger partial charge in [0.1, 0.15) is 5.78 Å². The van der Waals surface area contributed by atoms with Crippen molar-refractivity contribution in [3.05, 3.63) is 35.4 Å². The number of hydrogen-bond acceptors (Lipinski definition) is 1. The SMILES string of the molecule is CCCC(=O)CCCc1cccc(C(F)(F)F)c1. The highest BCUT2D eigenvalue weighted by Gasteiger charge is 2.30. The van der Waals surface area contributed by atoms with Gasteiger partial charge in [0.05, 0.1) is 5.56 Å². The third-order valence-electron chi connectivity index (χ3n) is 2.70. The summed E-state index contributed by atoms with van der Waals surface area (Å²) in [4.78, 5) is 11.3. The normalized spacial score (nSPS) is 11.6. The number of hydrogen-bond donors (Lipinski definition) is 0. The van der Waals surface area contributed by atoms with E-state index in [-0.39, 0.29) is 5.78 Å². The highest BCUT2D eigenvalue weighted by atomic mass is 19.4. The molecule has 0 atom stereocenters. The van der Waals surface area contributed by atoms with E-state index < -0.39 is 11.7 Å². The molecule has 0 N–H and O–H groups in total. The topological polar surface area (TPSA) is 17.1 Å². The molecule has 1 aromatic rings. The lowest BCUT2D eigenvalue weighted by molar-refractivity contribution is -0.137. The predicted octanol–water partition coefficient (Wildman–Crippen LogP) is 4.40. The van der Waals surface area contributed by atoms with Crippen molar-refractivity contribution in [2.24, 2.45) is 0 Å². The fourth-order valence-corrected chi connectivity index (χ4v) is 1.80. The van der Waals surface area contributed by atoms with Crippen molar-refractivity contribution in [3.8, 4) is 0 Å². The van der Waals surface area contributed by atoms with Crippen LogP contribution in [0.25, 0.3) is 0 Å². The lowest BCUT2D eigenvalue weighted by Crippen LogP contribution is -2.05. The second-order valence-corrected chi connectivity index (χ2v) is 4.34. The van der Waals surface area contributed by atoms with Crippen LogP contribution in [0.15, 0.2) is 24.3 Å². The van der Waals surface area contributed by atoms with Crippen molar-refractivity contribution in [3.63, 3.8) is 0 Å². The van der Waals surface area contributed by atoms with Crippen molar-refractivity contribution < 1.29 is 18.0 Å². The Morgan fingerprint density at radius 3 is 2.56 bits per heavy atom. The maximum absolute atomic E-state index is 12.5. The van der Waals surface area contributed by atoms with Crippen LogP contribution in [0.4, 0.5) is 13.2 Å². The van der Waals surface area contributed by atoms with E-state index in [9.17, 15) is 18.0 Å². The largest absolute Gasteiger partial charge is 0.416 e. The molecule has 1 rings (SSSR count). The molecule has 1 aromatic carbocycles. The summed E-state index contributed by atoms with van der Waals surface area (Å²) in [5, 5.41) is 0. The minimum Gasteiger partial charge on any atom is -0.300 e. The van der Waals surface area contributed by atoms with Gasteiger partial charge in [-0.1, -0.05) is 25.1 Å². The summed E-state index contributed by atoms with van der Waals surface area (Å²) in [6.45, 7) is 1.94. The van der Waals surface area contributed by atoms with Gasteiger partial charge in [0.15, 0.2) is 0 Å². The first-order valence-corrected chi connectivity index (χ1v) is 6.11. The number of halogens is 3. The average Bonchev–Trinajstić information content (AvgIpc) is 2.29. The highest BCUT2D eigenvalue weighted by molar-refractivity contribution is 5.78. The van der Waals surface area contributed by atoms with Gasteiger partial charge in [0, 0.05) is 12.8 Å². The second kappa shape index (κ2) is 6.57. The highest BCUT2D eigenvalue weighted by Crippen LogP contribution is 2.29. The number of benzene rings is 1. The van der Waals surface area contributed by atoms with Gasteiger partial charge in [-0.3, -0.25) is 4.79 Å². The third-order valence-corrected chi connectivity index (χ3v) is 2.70. The molecule has 18 heavy (non-hydrogen) atoms. The Kier molecular flexibility index (Phi) is 5.38.